The molecule has 1 unspecified atom stereocenters. The van der Waals surface area contributed by atoms with Crippen LogP contribution in [0.2, 0.25) is 5.02 Å². The Morgan fingerprint density at radius 2 is 1.84 bits per heavy atom. The third-order valence-electron chi connectivity index (χ3n) is 7.54. The second kappa shape index (κ2) is 9.21. The van der Waals surface area contributed by atoms with Gasteiger partial charge in [0.05, 0.1) is 21.5 Å². The van der Waals surface area contributed by atoms with E-state index in [0.29, 0.717) is 16.3 Å². The average Bonchev–Trinajstić information content (AvgIpc) is 2.84. The van der Waals surface area contributed by atoms with Crippen molar-refractivity contribution in [3.63, 3.8) is 0 Å². The number of halogens is 3. The Kier molecular flexibility index (Phi) is 6.79. The number of nitrogens with zero attached hydrogens (tertiary/aromatic N) is 1. The molecule has 0 spiro atoms. The largest absolute Gasteiger partial charge is 0.321 e. The fourth-order valence-electron chi connectivity index (χ4n) is 5.14. The third kappa shape index (κ3) is 4.57. The van der Waals surface area contributed by atoms with E-state index in [1.807, 2.05) is 0 Å². The molecule has 4 rings (SSSR count). The standard InChI is InChI=1S/C26H30ClF2N5O2S/c1-25(20-13-19(10-11-21(20)29)33-23(35)22-12-7-17(27)14-32-22)15-37(4,36,31-3)26(2,24(30)34-25)16-5-8-18(28)9-6-16/h5-14,24,34H,15,30H2,1-4H3,(H,31,36)(H,33,35)/t24?,25-,26-/m0/s1. The fourth-order valence-corrected chi connectivity index (χ4v) is 9.22. The second-order valence-corrected chi connectivity index (χ2v) is 15.0. The van der Waals surface area contributed by atoms with Gasteiger partial charge in [0.2, 0.25) is 0 Å². The summed E-state index contributed by atoms with van der Waals surface area (Å²) in [6.07, 6.45) is 2.05. The van der Waals surface area contributed by atoms with Gasteiger partial charge in [0, 0.05) is 29.5 Å². The number of amides is 1. The van der Waals surface area contributed by atoms with Gasteiger partial charge in [0.1, 0.15) is 17.3 Å². The Bertz CT molecular complexity index is 1420. The molecule has 0 aliphatic carbocycles. The number of nitrogens with one attached hydrogen (secondary N) is 3. The monoisotopic (exact) mass is 549 g/mol. The number of anilines is 1. The molecule has 7 nitrogen and oxygen atoms in total. The Labute approximate surface area is 219 Å². The van der Waals surface area contributed by atoms with Crippen molar-refractivity contribution in [3.8, 4) is 0 Å². The SMILES string of the molecule is CNS1(C)(=O)C[C@@](C)(c2cc(NC(=O)c3ccc(Cl)cn3)ccc2F)NC(N)[C@]1(C)c1ccc(F)cc1. The summed E-state index contributed by atoms with van der Waals surface area (Å²) in [6, 6.07) is 12.9. The van der Waals surface area contributed by atoms with Gasteiger partial charge in [-0.05, 0) is 78.2 Å². The number of hydrogen-bond acceptors (Lipinski definition) is 5. The van der Waals surface area contributed by atoms with Crippen molar-refractivity contribution in [2.45, 2.75) is 30.3 Å². The van der Waals surface area contributed by atoms with E-state index in [0.717, 1.165) is 0 Å². The number of carbonyl (C=O) groups excluding carboxylic acids is 1. The van der Waals surface area contributed by atoms with Gasteiger partial charge in [-0.3, -0.25) is 19.0 Å². The van der Waals surface area contributed by atoms with Crippen LogP contribution in [0.15, 0.2) is 60.8 Å². The van der Waals surface area contributed by atoms with Gasteiger partial charge >= 0.3 is 0 Å². The van der Waals surface area contributed by atoms with Crippen LogP contribution in [0, 0.1) is 11.6 Å². The minimum absolute atomic E-state index is 0.0324. The summed E-state index contributed by atoms with van der Waals surface area (Å²) in [5, 5.41) is 6.38. The first kappa shape index (κ1) is 27.3. The highest BCUT2D eigenvalue weighted by atomic mass is 35.5. The molecule has 1 amide bonds. The van der Waals surface area contributed by atoms with Gasteiger partial charge in [-0.1, -0.05) is 23.7 Å². The zero-order valence-electron chi connectivity index (χ0n) is 20.9. The molecule has 3 atom stereocenters. The number of benzene rings is 2. The van der Waals surface area contributed by atoms with E-state index >= 15 is 4.39 Å². The van der Waals surface area contributed by atoms with E-state index in [4.69, 9.17) is 17.3 Å². The average molecular weight is 550 g/mol. The number of aromatic nitrogens is 1. The molecule has 11 heteroatoms. The quantitative estimate of drug-likeness (QED) is 0.386. The number of nitrogens with two attached hydrogens (primary N) is 1. The third-order valence-corrected chi connectivity index (χ3v) is 12.8. The van der Waals surface area contributed by atoms with Gasteiger partial charge < -0.3 is 11.1 Å². The number of carbonyl (C=O) groups is 1. The molecule has 1 aliphatic rings. The van der Waals surface area contributed by atoms with Crippen LogP contribution in [0.5, 0.6) is 0 Å². The van der Waals surface area contributed by atoms with Crippen molar-refractivity contribution in [2.24, 2.45) is 5.73 Å². The zero-order chi connectivity index (χ0) is 27.2. The lowest BCUT2D eigenvalue weighted by molar-refractivity contribution is 0.102. The predicted octanol–water partition coefficient (Wildman–Crippen LogP) is 3.87. The van der Waals surface area contributed by atoms with Crippen LogP contribution in [0.25, 0.3) is 0 Å². The number of hydrogen-bond donors (Lipinski definition) is 4. The van der Waals surface area contributed by atoms with Crippen molar-refractivity contribution in [2.75, 3.05) is 24.4 Å². The Balaban J connectivity index is 1.74. The number of pyridine rings is 1. The van der Waals surface area contributed by atoms with Crippen LogP contribution in [-0.2, 0) is 19.5 Å². The molecule has 0 bridgehead atoms. The summed E-state index contributed by atoms with van der Waals surface area (Å²) >= 11 is 5.84. The van der Waals surface area contributed by atoms with Gasteiger partial charge in [-0.25, -0.2) is 13.8 Å². The molecule has 1 aromatic heterocycles. The highest BCUT2D eigenvalue weighted by Crippen LogP contribution is 2.51. The van der Waals surface area contributed by atoms with E-state index in [1.54, 1.807) is 45.4 Å². The summed E-state index contributed by atoms with van der Waals surface area (Å²) in [5.74, 6) is -1.51. The Morgan fingerprint density at radius 3 is 2.43 bits per heavy atom. The minimum atomic E-state index is -3.91. The predicted molar refractivity (Wildman–Crippen MR) is 144 cm³/mol. The molecule has 3 aromatic rings. The van der Waals surface area contributed by atoms with Crippen LogP contribution in [-0.4, -0.2) is 40.3 Å². The van der Waals surface area contributed by atoms with Crippen molar-refractivity contribution in [1.29, 1.82) is 0 Å². The highest BCUT2D eigenvalue weighted by Gasteiger charge is 2.61. The summed E-state index contributed by atoms with van der Waals surface area (Å²) in [7, 11) is -2.32. The Morgan fingerprint density at radius 1 is 1.16 bits per heavy atom. The summed E-state index contributed by atoms with van der Waals surface area (Å²) < 4.78 is 45.8. The lowest BCUT2D eigenvalue weighted by atomic mass is 9.89. The van der Waals surface area contributed by atoms with Crippen molar-refractivity contribution >= 4 is 32.4 Å². The lowest BCUT2D eigenvalue weighted by Gasteiger charge is -2.63. The van der Waals surface area contributed by atoms with Crippen LogP contribution in [0.3, 0.4) is 0 Å². The molecule has 2 heterocycles. The van der Waals surface area contributed by atoms with E-state index < -0.39 is 43.2 Å². The highest BCUT2D eigenvalue weighted by molar-refractivity contribution is 8.18. The number of rotatable bonds is 5. The maximum atomic E-state index is 15.3. The summed E-state index contributed by atoms with van der Waals surface area (Å²) in [6.45, 7) is 3.48. The summed E-state index contributed by atoms with van der Waals surface area (Å²) in [5.41, 5.74) is 6.70. The molecule has 0 saturated carbocycles. The molecule has 1 aliphatic heterocycles. The van der Waals surface area contributed by atoms with Gasteiger partial charge in [0.15, 0.2) is 0 Å². The molecule has 5 N–H and O–H groups in total. The molecule has 198 valence electrons. The van der Waals surface area contributed by atoms with Gasteiger partial charge in [0.25, 0.3) is 5.91 Å². The molecular formula is C26H30ClF2N5O2S. The van der Waals surface area contributed by atoms with Crippen LogP contribution < -0.4 is 21.1 Å². The van der Waals surface area contributed by atoms with Crippen molar-refractivity contribution in [3.05, 3.63) is 94.3 Å². The van der Waals surface area contributed by atoms with E-state index in [-0.39, 0.29) is 17.0 Å². The van der Waals surface area contributed by atoms with Gasteiger partial charge in [-0.15, -0.1) is 0 Å². The summed E-state index contributed by atoms with van der Waals surface area (Å²) in [4.78, 5) is 16.7. The van der Waals surface area contributed by atoms with Gasteiger partial charge in [-0.2, -0.15) is 0 Å². The molecule has 0 radical (unpaired) electrons. The van der Waals surface area contributed by atoms with Crippen molar-refractivity contribution in [1.82, 2.24) is 15.0 Å². The normalized spacial score (nSPS) is 27.6. The van der Waals surface area contributed by atoms with Crippen molar-refractivity contribution < 1.29 is 17.8 Å². The maximum absolute atomic E-state index is 15.3. The van der Waals surface area contributed by atoms with Crippen LogP contribution >= 0.6 is 11.6 Å². The molecular weight excluding hydrogens is 520 g/mol. The van der Waals surface area contributed by atoms with Crippen LogP contribution in [0.1, 0.15) is 35.5 Å². The smallest absolute Gasteiger partial charge is 0.274 e. The zero-order valence-corrected chi connectivity index (χ0v) is 22.5. The first-order valence-corrected chi connectivity index (χ1v) is 14.5. The molecule has 1 fully saturated rings. The maximum Gasteiger partial charge on any atom is 0.274 e. The van der Waals surface area contributed by atoms with Crippen LogP contribution in [0.4, 0.5) is 14.5 Å². The topological polar surface area (TPSA) is 109 Å². The lowest BCUT2D eigenvalue weighted by Crippen LogP contribution is -2.79. The minimum Gasteiger partial charge on any atom is -0.321 e. The molecule has 1 saturated heterocycles. The molecule has 37 heavy (non-hydrogen) atoms. The van der Waals surface area contributed by atoms with E-state index in [1.165, 1.54) is 42.6 Å². The second-order valence-electron chi connectivity index (χ2n) is 9.97. The first-order chi connectivity index (χ1) is 17.2. The Hall–Kier alpha value is -2.76. The van der Waals surface area contributed by atoms with E-state index in [9.17, 15) is 13.4 Å². The van der Waals surface area contributed by atoms with E-state index in [2.05, 4.69) is 20.3 Å². The molecule has 2 aromatic carbocycles. The first-order valence-electron chi connectivity index (χ1n) is 11.5. The fraction of sp³-hybridized carbons (Fsp3) is 0.308.